The molecule has 1 heterocycles. The van der Waals surface area contributed by atoms with Gasteiger partial charge in [0.1, 0.15) is 0 Å². The molecule has 2 rings (SSSR count). The van der Waals surface area contributed by atoms with Gasteiger partial charge in [0.2, 0.25) is 0 Å². The van der Waals surface area contributed by atoms with Gasteiger partial charge in [-0.05, 0) is 24.8 Å². The molecule has 2 fully saturated rings. The zero-order chi connectivity index (χ0) is 6.27. The SMILES string of the molecule is CC1CCOC1=C1CC1. The van der Waals surface area contributed by atoms with Crippen molar-refractivity contribution >= 4 is 0 Å². The van der Waals surface area contributed by atoms with Gasteiger partial charge in [-0.3, -0.25) is 0 Å². The molecule has 1 aliphatic heterocycles. The molecular formula is C8H12O. The summed E-state index contributed by atoms with van der Waals surface area (Å²) in [6.07, 6.45) is 3.85. The summed E-state index contributed by atoms with van der Waals surface area (Å²) in [6, 6.07) is 0. The van der Waals surface area contributed by atoms with E-state index in [9.17, 15) is 0 Å². The standard InChI is InChI=1S/C8H12O/c1-6-4-5-9-8(6)7-2-3-7/h6H,2-5H2,1H3. The first-order valence-corrected chi connectivity index (χ1v) is 3.72. The number of ether oxygens (including phenoxy) is 1. The smallest absolute Gasteiger partial charge is 0.0981 e. The summed E-state index contributed by atoms with van der Waals surface area (Å²) in [5, 5.41) is 0. The maximum absolute atomic E-state index is 5.47. The predicted molar refractivity (Wildman–Crippen MR) is 36.0 cm³/mol. The molecule has 50 valence electrons. The summed E-state index contributed by atoms with van der Waals surface area (Å²) >= 11 is 0. The zero-order valence-corrected chi connectivity index (χ0v) is 5.81. The highest BCUT2D eigenvalue weighted by Gasteiger charge is 2.26. The summed E-state index contributed by atoms with van der Waals surface area (Å²) in [5.41, 5.74) is 1.58. The Hall–Kier alpha value is -0.460. The van der Waals surface area contributed by atoms with Gasteiger partial charge in [-0.2, -0.15) is 0 Å². The minimum atomic E-state index is 0.725. The van der Waals surface area contributed by atoms with E-state index in [-0.39, 0.29) is 0 Å². The molecule has 9 heavy (non-hydrogen) atoms. The molecule has 0 N–H and O–H groups in total. The third-order valence-corrected chi connectivity index (χ3v) is 2.10. The van der Waals surface area contributed by atoms with Crippen molar-refractivity contribution in [1.29, 1.82) is 0 Å². The number of allylic oxidation sites excluding steroid dienone is 2. The van der Waals surface area contributed by atoms with Crippen LogP contribution in [0.2, 0.25) is 0 Å². The van der Waals surface area contributed by atoms with E-state index < -0.39 is 0 Å². The van der Waals surface area contributed by atoms with Crippen LogP contribution in [0, 0.1) is 5.92 Å². The van der Waals surface area contributed by atoms with Gasteiger partial charge in [-0.1, -0.05) is 6.92 Å². The molecule has 1 aliphatic carbocycles. The molecular weight excluding hydrogens is 112 g/mol. The van der Waals surface area contributed by atoms with Crippen LogP contribution >= 0.6 is 0 Å². The fraction of sp³-hybridized carbons (Fsp3) is 0.750. The topological polar surface area (TPSA) is 9.23 Å². The Morgan fingerprint density at radius 3 is 2.67 bits per heavy atom. The van der Waals surface area contributed by atoms with Gasteiger partial charge in [0.15, 0.2) is 0 Å². The minimum absolute atomic E-state index is 0.725. The van der Waals surface area contributed by atoms with E-state index in [1.807, 2.05) is 0 Å². The van der Waals surface area contributed by atoms with E-state index in [4.69, 9.17) is 4.74 Å². The Morgan fingerprint density at radius 2 is 2.22 bits per heavy atom. The third-order valence-electron chi connectivity index (χ3n) is 2.10. The second-order valence-corrected chi connectivity index (χ2v) is 3.01. The highest BCUT2D eigenvalue weighted by Crippen LogP contribution is 2.38. The Labute approximate surface area is 55.7 Å². The molecule has 0 aromatic heterocycles. The summed E-state index contributed by atoms with van der Waals surface area (Å²) in [7, 11) is 0. The van der Waals surface area contributed by atoms with Gasteiger partial charge in [-0.25, -0.2) is 0 Å². The largest absolute Gasteiger partial charge is 0.498 e. The van der Waals surface area contributed by atoms with Crippen molar-refractivity contribution in [2.75, 3.05) is 6.61 Å². The van der Waals surface area contributed by atoms with Gasteiger partial charge < -0.3 is 4.74 Å². The molecule has 1 atom stereocenters. The lowest BCUT2D eigenvalue weighted by atomic mass is 10.1. The molecule has 0 spiro atoms. The van der Waals surface area contributed by atoms with E-state index in [1.54, 1.807) is 5.57 Å². The minimum Gasteiger partial charge on any atom is -0.498 e. The molecule has 1 saturated heterocycles. The van der Waals surface area contributed by atoms with Crippen LogP contribution in [0.3, 0.4) is 0 Å². The average Bonchev–Trinajstić information content (AvgIpc) is 2.58. The van der Waals surface area contributed by atoms with Crippen molar-refractivity contribution in [2.24, 2.45) is 5.92 Å². The van der Waals surface area contributed by atoms with Crippen molar-refractivity contribution < 1.29 is 4.74 Å². The highest BCUT2D eigenvalue weighted by molar-refractivity contribution is 5.23. The first kappa shape index (κ1) is 5.33. The third kappa shape index (κ3) is 0.846. The van der Waals surface area contributed by atoms with Crippen LogP contribution in [0.25, 0.3) is 0 Å². The molecule has 0 amide bonds. The number of hydrogen-bond acceptors (Lipinski definition) is 1. The second-order valence-electron chi connectivity index (χ2n) is 3.01. The second kappa shape index (κ2) is 1.76. The van der Waals surface area contributed by atoms with Gasteiger partial charge in [0, 0.05) is 5.92 Å². The van der Waals surface area contributed by atoms with Crippen LogP contribution in [0.5, 0.6) is 0 Å². The zero-order valence-electron chi connectivity index (χ0n) is 5.81. The molecule has 2 aliphatic rings. The van der Waals surface area contributed by atoms with Crippen LogP contribution in [0.1, 0.15) is 26.2 Å². The molecule has 0 bridgehead atoms. The van der Waals surface area contributed by atoms with Crippen molar-refractivity contribution in [3.63, 3.8) is 0 Å². The van der Waals surface area contributed by atoms with E-state index in [1.165, 1.54) is 25.0 Å². The van der Waals surface area contributed by atoms with E-state index in [0.717, 1.165) is 12.5 Å². The van der Waals surface area contributed by atoms with E-state index >= 15 is 0 Å². The molecule has 1 nitrogen and oxygen atoms in total. The summed E-state index contributed by atoms with van der Waals surface area (Å²) in [5.74, 6) is 2.05. The molecule has 0 aromatic rings. The first-order chi connectivity index (χ1) is 4.38. The molecule has 0 radical (unpaired) electrons. The Kier molecular flexibility index (Phi) is 1.04. The van der Waals surface area contributed by atoms with Gasteiger partial charge >= 0.3 is 0 Å². The van der Waals surface area contributed by atoms with E-state index in [2.05, 4.69) is 6.92 Å². The van der Waals surface area contributed by atoms with Crippen LogP contribution < -0.4 is 0 Å². The molecule has 0 aromatic carbocycles. The maximum Gasteiger partial charge on any atom is 0.0981 e. The maximum atomic E-state index is 5.47. The van der Waals surface area contributed by atoms with E-state index in [0.29, 0.717) is 0 Å². The van der Waals surface area contributed by atoms with Gasteiger partial charge in [0.05, 0.1) is 12.4 Å². The lowest BCUT2D eigenvalue weighted by Gasteiger charge is -2.00. The lowest BCUT2D eigenvalue weighted by Crippen LogP contribution is -1.88. The Morgan fingerprint density at radius 1 is 1.44 bits per heavy atom. The van der Waals surface area contributed by atoms with Crippen molar-refractivity contribution in [1.82, 2.24) is 0 Å². The summed E-state index contributed by atoms with van der Waals surface area (Å²) in [6.45, 7) is 3.22. The number of rotatable bonds is 0. The van der Waals surface area contributed by atoms with Crippen LogP contribution in [0.4, 0.5) is 0 Å². The molecule has 1 unspecified atom stereocenters. The molecule has 1 heteroatoms. The quantitative estimate of drug-likeness (QED) is 0.480. The predicted octanol–water partition coefficient (Wildman–Crippen LogP) is 2.09. The van der Waals surface area contributed by atoms with Crippen molar-refractivity contribution in [3.05, 3.63) is 11.3 Å². The fourth-order valence-corrected chi connectivity index (χ4v) is 1.38. The van der Waals surface area contributed by atoms with Crippen LogP contribution in [-0.2, 0) is 4.74 Å². The van der Waals surface area contributed by atoms with Crippen LogP contribution in [0.15, 0.2) is 11.3 Å². The fourth-order valence-electron chi connectivity index (χ4n) is 1.38. The lowest BCUT2D eigenvalue weighted by molar-refractivity contribution is 0.258. The van der Waals surface area contributed by atoms with Crippen molar-refractivity contribution in [3.8, 4) is 0 Å². The first-order valence-electron chi connectivity index (χ1n) is 3.72. The van der Waals surface area contributed by atoms with Gasteiger partial charge in [0.25, 0.3) is 0 Å². The monoisotopic (exact) mass is 124 g/mol. The van der Waals surface area contributed by atoms with Crippen LogP contribution in [-0.4, -0.2) is 6.61 Å². The van der Waals surface area contributed by atoms with Gasteiger partial charge in [-0.15, -0.1) is 0 Å². The summed E-state index contributed by atoms with van der Waals surface area (Å²) < 4.78 is 5.47. The highest BCUT2D eigenvalue weighted by atomic mass is 16.5. The normalized spacial score (nSPS) is 32.8. The Balaban J connectivity index is 2.19. The number of hydrogen-bond donors (Lipinski definition) is 0. The van der Waals surface area contributed by atoms with Crippen molar-refractivity contribution in [2.45, 2.75) is 26.2 Å². The summed E-state index contributed by atoms with van der Waals surface area (Å²) in [4.78, 5) is 0. The Bertz CT molecular complexity index is 152. The molecule has 1 saturated carbocycles. The average molecular weight is 124 g/mol.